The first-order valence-electron chi connectivity index (χ1n) is 6.62. The maximum atomic E-state index is 13.7. The molecule has 2 heteroatoms. The zero-order chi connectivity index (χ0) is 12.5. The molecule has 18 heavy (non-hydrogen) atoms. The van der Waals surface area contributed by atoms with E-state index in [9.17, 15) is 9.50 Å². The number of aliphatic hydroxyl groups is 1. The van der Waals surface area contributed by atoms with Crippen molar-refractivity contribution in [2.45, 2.75) is 31.8 Å². The van der Waals surface area contributed by atoms with E-state index in [1.54, 1.807) is 12.1 Å². The standard InChI is InChI=1S/C16H17FO/c17-15-10-9-14(12-7-3-4-8-13(12)15)16(18)11-5-1-2-6-11/h3-4,7-11,16,18H,1-2,5-6H2. The summed E-state index contributed by atoms with van der Waals surface area (Å²) in [4.78, 5) is 0. The SMILES string of the molecule is OC(c1ccc(F)c2ccccc12)C1CCCC1. The Balaban J connectivity index is 2.08. The van der Waals surface area contributed by atoms with Crippen LogP contribution >= 0.6 is 0 Å². The fourth-order valence-electron chi connectivity index (χ4n) is 3.07. The summed E-state index contributed by atoms with van der Waals surface area (Å²) >= 11 is 0. The van der Waals surface area contributed by atoms with Gasteiger partial charge >= 0.3 is 0 Å². The molecule has 0 spiro atoms. The lowest BCUT2D eigenvalue weighted by Gasteiger charge is -2.20. The van der Waals surface area contributed by atoms with Crippen LogP contribution in [-0.4, -0.2) is 5.11 Å². The molecule has 2 aromatic rings. The van der Waals surface area contributed by atoms with E-state index < -0.39 is 6.10 Å². The molecule has 3 rings (SSSR count). The zero-order valence-corrected chi connectivity index (χ0v) is 10.3. The largest absolute Gasteiger partial charge is 0.388 e. The van der Waals surface area contributed by atoms with Crippen LogP contribution in [0.1, 0.15) is 37.4 Å². The molecule has 0 aliphatic heterocycles. The molecule has 0 bridgehead atoms. The van der Waals surface area contributed by atoms with Crippen LogP contribution in [0.15, 0.2) is 36.4 Å². The van der Waals surface area contributed by atoms with Crippen molar-refractivity contribution in [1.82, 2.24) is 0 Å². The second-order valence-electron chi connectivity index (χ2n) is 5.17. The van der Waals surface area contributed by atoms with Crippen LogP contribution in [-0.2, 0) is 0 Å². The van der Waals surface area contributed by atoms with Gasteiger partial charge in [0.25, 0.3) is 0 Å². The summed E-state index contributed by atoms with van der Waals surface area (Å²) in [7, 11) is 0. The highest BCUT2D eigenvalue weighted by Crippen LogP contribution is 2.38. The molecule has 1 fully saturated rings. The normalized spacial score (nSPS) is 18.3. The Labute approximate surface area is 106 Å². The van der Waals surface area contributed by atoms with E-state index in [4.69, 9.17) is 0 Å². The van der Waals surface area contributed by atoms with Crippen molar-refractivity contribution in [3.63, 3.8) is 0 Å². The van der Waals surface area contributed by atoms with E-state index in [1.165, 1.54) is 18.9 Å². The molecule has 1 saturated carbocycles. The summed E-state index contributed by atoms with van der Waals surface area (Å²) < 4.78 is 13.7. The molecular formula is C16H17FO. The van der Waals surface area contributed by atoms with Crippen LogP contribution in [0.4, 0.5) is 4.39 Å². The van der Waals surface area contributed by atoms with E-state index in [0.717, 1.165) is 23.8 Å². The van der Waals surface area contributed by atoms with Gasteiger partial charge in [0.05, 0.1) is 6.10 Å². The maximum Gasteiger partial charge on any atom is 0.131 e. The Morgan fingerprint density at radius 2 is 1.67 bits per heavy atom. The first-order chi connectivity index (χ1) is 8.77. The summed E-state index contributed by atoms with van der Waals surface area (Å²) in [6.45, 7) is 0. The summed E-state index contributed by atoms with van der Waals surface area (Å²) in [6, 6.07) is 10.6. The van der Waals surface area contributed by atoms with Crippen molar-refractivity contribution in [2.24, 2.45) is 5.92 Å². The van der Waals surface area contributed by atoms with Crippen LogP contribution < -0.4 is 0 Å². The van der Waals surface area contributed by atoms with Crippen LogP contribution in [0, 0.1) is 11.7 Å². The molecule has 1 N–H and O–H groups in total. The van der Waals surface area contributed by atoms with Crippen molar-refractivity contribution in [3.05, 3.63) is 47.8 Å². The van der Waals surface area contributed by atoms with Crippen LogP contribution in [0.2, 0.25) is 0 Å². The van der Waals surface area contributed by atoms with Crippen molar-refractivity contribution in [1.29, 1.82) is 0 Å². The molecule has 2 aromatic carbocycles. The van der Waals surface area contributed by atoms with Gasteiger partial charge in [-0.2, -0.15) is 0 Å². The summed E-state index contributed by atoms with van der Waals surface area (Å²) in [5.41, 5.74) is 0.874. The third kappa shape index (κ3) is 1.91. The number of aliphatic hydroxyl groups excluding tert-OH is 1. The predicted molar refractivity (Wildman–Crippen MR) is 70.8 cm³/mol. The second kappa shape index (κ2) is 4.69. The Hall–Kier alpha value is -1.41. The number of halogens is 1. The molecule has 1 aliphatic rings. The minimum Gasteiger partial charge on any atom is -0.388 e. The van der Waals surface area contributed by atoms with Gasteiger partial charge in [0.2, 0.25) is 0 Å². The van der Waals surface area contributed by atoms with Gasteiger partial charge < -0.3 is 5.11 Å². The van der Waals surface area contributed by atoms with Gasteiger partial charge in [-0.3, -0.25) is 0 Å². The number of rotatable bonds is 2. The van der Waals surface area contributed by atoms with Gasteiger partial charge in [0, 0.05) is 5.39 Å². The average Bonchev–Trinajstić information content (AvgIpc) is 2.93. The van der Waals surface area contributed by atoms with Gasteiger partial charge in [0.1, 0.15) is 5.82 Å². The number of hydrogen-bond donors (Lipinski definition) is 1. The lowest BCUT2D eigenvalue weighted by molar-refractivity contribution is 0.113. The molecule has 0 amide bonds. The van der Waals surface area contributed by atoms with E-state index in [0.29, 0.717) is 11.3 Å². The van der Waals surface area contributed by atoms with Crippen molar-refractivity contribution in [3.8, 4) is 0 Å². The number of fused-ring (bicyclic) bond motifs is 1. The van der Waals surface area contributed by atoms with Crippen LogP contribution in [0.25, 0.3) is 10.8 Å². The Morgan fingerprint density at radius 1 is 1.00 bits per heavy atom. The minimum atomic E-state index is -0.460. The highest BCUT2D eigenvalue weighted by atomic mass is 19.1. The lowest BCUT2D eigenvalue weighted by Crippen LogP contribution is -2.09. The van der Waals surface area contributed by atoms with Crippen molar-refractivity contribution >= 4 is 10.8 Å². The van der Waals surface area contributed by atoms with Crippen molar-refractivity contribution in [2.75, 3.05) is 0 Å². The van der Waals surface area contributed by atoms with E-state index in [1.807, 2.05) is 18.2 Å². The third-order valence-corrected chi connectivity index (χ3v) is 4.07. The van der Waals surface area contributed by atoms with Gasteiger partial charge in [-0.05, 0) is 35.8 Å². The molecule has 1 aliphatic carbocycles. The predicted octanol–water partition coefficient (Wildman–Crippen LogP) is 4.20. The molecule has 0 saturated heterocycles. The van der Waals surface area contributed by atoms with Gasteiger partial charge in [-0.25, -0.2) is 4.39 Å². The van der Waals surface area contributed by atoms with E-state index in [-0.39, 0.29) is 5.82 Å². The fourth-order valence-corrected chi connectivity index (χ4v) is 3.07. The highest BCUT2D eigenvalue weighted by molar-refractivity contribution is 5.86. The first-order valence-corrected chi connectivity index (χ1v) is 6.62. The summed E-state index contributed by atoms with van der Waals surface area (Å²) in [6.07, 6.45) is 4.08. The van der Waals surface area contributed by atoms with Gasteiger partial charge in [-0.1, -0.05) is 43.2 Å². The van der Waals surface area contributed by atoms with Gasteiger partial charge in [0.15, 0.2) is 0 Å². The second-order valence-corrected chi connectivity index (χ2v) is 5.17. The molecule has 0 aromatic heterocycles. The molecule has 1 atom stereocenters. The molecular weight excluding hydrogens is 227 g/mol. The van der Waals surface area contributed by atoms with Crippen LogP contribution in [0.5, 0.6) is 0 Å². The first kappa shape index (κ1) is 11.7. The van der Waals surface area contributed by atoms with Crippen LogP contribution in [0.3, 0.4) is 0 Å². The fraction of sp³-hybridized carbons (Fsp3) is 0.375. The van der Waals surface area contributed by atoms with E-state index >= 15 is 0 Å². The maximum absolute atomic E-state index is 13.7. The number of hydrogen-bond acceptors (Lipinski definition) is 1. The minimum absolute atomic E-state index is 0.215. The summed E-state index contributed by atoms with van der Waals surface area (Å²) in [5, 5.41) is 11.9. The zero-order valence-electron chi connectivity index (χ0n) is 10.3. The Kier molecular flexibility index (Phi) is 3.04. The monoisotopic (exact) mass is 244 g/mol. The Bertz CT molecular complexity index is 558. The molecule has 0 radical (unpaired) electrons. The number of benzene rings is 2. The smallest absolute Gasteiger partial charge is 0.131 e. The molecule has 1 nitrogen and oxygen atoms in total. The van der Waals surface area contributed by atoms with E-state index in [2.05, 4.69) is 0 Å². The third-order valence-electron chi connectivity index (χ3n) is 4.07. The van der Waals surface area contributed by atoms with Gasteiger partial charge in [-0.15, -0.1) is 0 Å². The topological polar surface area (TPSA) is 20.2 Å². The average molecular weight is 244 g/mol. The molecule has 0 heterocycles. The highest BCUT2D eigenvalue weighted by Gasteiger charge is 2.25. The Morgan fingerprint density at radius 3 is 2.39 bits per heavy atom. The molecule has 94 valence electrons. The summed E-state index contributed by atoms with van der Waals surface area (Å²) in [5.74, 6) is 0.117. The van der Waals surface area contributed by atoms with Crippen molar-refractivity contribution < 1.29 is 9.50 Å². The lowest BCUT2D eigenvalue weighted by atomic mass is 9.91. The quantitative estimate of drug-likeness (QED) is 0.839. The molecule has 1 unspecified atom stereocenters.